The SMILES string of the molecule is CC1(c2c[nH]c3ccccc23)CNc2ccccc21. The number of aromatic amines is 1. The molecule has 0 bridgehead atoms. The van der Waals surface area contributed by atoms with E-state index in [4.69, 9.17) is 0 Å². The molecule has 94 valence electrons. The molecule has 2 N–H and O–H groups in total. The van der Waals surface area contributed by atoms with Crippen LogP contribution in [0, 0.1) is 0 Å². The van der Waals surface area contributed by atoms with Crippen molar-refractivity contribution >= 4 is 16.6 Å². The van der Waals surface area contributed by atoms with Gasteiger partial charge in [-0.3, -0.25) is 0 Å². The second-order valence-corrected chi connectivity index (χ2v) is 5.48. The van der Waals surface area contributed by atoms with Gasteiger partial charge in [0, 0.05) is 34.7 Å². The molecule has 2 heteroatoms. The van der Waals surface area contributed by atoms with E-state index in [1.54, 1.807) is 0 Å². The zero-order valence-electron chi connectivity index (χ0n) is 10.9. The number of nitrogens with one attached hydrogen (secondary N) is 2. The third kappa shape index (κ3) is 1.37. The molecule has 2 heterocycles. The van der Waals surface area contributed by atoms with Gasteiger partial charge in [-0.15, -0.1) is 0 Å². The Morgan fingerprint density at radius 3 is 2.68 bits per heavy atom. The Morgan fingerprint density at radius 1 is 0.947 bits per heavy atom. The number of benzene rings is 2. The molecule has 0 amide bonds. The highest BCUT2D eigenvalue weighted by molar-refractivity contribution is 5.86. The van der Waals surface area contributed by atoms with Crippen molar-refractivity contribution in [3.8, 4) is 0 Å². The standard InChI is InChI=1S/C17H16N2/c1-17(11-19-16-9-5-3-7-13(16)17)14-10-18-15-8-4-2-6-12(14)15/h2-10,18-19H,11H2,1H3. The minimum atomic E-state index is 0.0379. The molecule has 1 aliphatic heterocycles. The number of fused-ring (bicyclic) bond motifs is 2. The first-order valence-corrected chi connectivity index (χ1v) is 6.69. The molecule has 2 nitrogen and oxygen atoms in total. The molecule has 3 aromatic rings. The summed E-state index contributed by atoms with van der Waals surface area (Å²) in [6.45, 7) is 3.27. The van der Waals surface area contributed by atoms with Crippen LogP contribution in [0.15, 0.2) is 54.7 Å². The monoisotopic (exact) mass is 248 g/mol. The average molecular weight is 248 g/mol. The first-order chi connectivity index (χ1) is 9.29. The van der Waals surface area contributed by atoms with Gasteiger partial charge in [-0.25, -0.2) is 0 Å². The molecule has 0 radical (unpaired) electrons. The lowest BCUT2D eigenvalue weighted by molar-refractivity contribution is 0.641. The van der Waals surface area contributed by atoms with Crippen molar-refractivity contribution in [3.05, 3.63) is 65.9 Å². The molecule has 2 aromatic carbocycles. The van der Waals surface area contributed by atoms with Crippen molar-refractivity contribution < 1.29 is 0 Å². The van der Waals surface area contributed by atoms with Crippen LogP contribution in [0.1, 0.15) is 18.1 Å². The number of anilines is 1. The van der Waals surface area contributed by atoms with Crippen LogP contribution in [0.2, 0.25) is 0 Å². The number of hydrogen-bond donors (Lipinski definition) is 2. The summed E-state index contributed by atoms with van der Waals surface area (Å²) in [6, 6.07) is 17.1. The van der Waals surface area contributed by atoms with E-state index < -0.39 is 0 Å². The van der Waals surface area contributed by atoms with Crippen molar-refractivity contribution in [1.82, 2.24) is 4.98 Å². The Balaban J connectivity index is 1.98. The van der Waals surface area contributed by atoms with Gasteiger partial charge < -0.3 is 10.3 Å². The Labute approximate surface area is 112 Å². The molecular formula is C17H16N2. The van der Waals surface area contributed by atoms with E-state index in [1.807, 2.05) is 0 Å². The topological polar surface area (TPSA) is 27.8 Å². The summed E-state index contributed by atoms with van der Waals surface area (Å²) >= 11 is 0. The van der Waals surface area contributed by atoms with Gasteiger partial charge in [-0.05, 0) is 30.2 Å². The van der Waals surface area contributed by atoms with Gasteiger partial charge in [0.25, 0.3) is 0 Å². The van der Waals surface area contributed by atoms with Gasteiger partial charge in [-0.2, -0.15) is 0 Å². The summed E-state index contributed by atoms with van der Waals surface area (Å²) in [5.74, 6) is 0. The van der Waals surface area contributed by atoms with Gasteiger partial charge >= 0.3 is 0 Å². The third-order valence-corrected chi connectivity index (χ3v) is 4.34. The Hall–Kier alpha value is -2.22. The second-order valence-electron chi connectivity index (χ2n) is 5.48. The van der Waals surface area contributed by atoms with E-state index in [9.17, 15) is 0 Å². The van der Waals surface area contributed by atoms with E-state index in [-0.39, 0.29) is 5.41 Å². The van der Waals surface area contributed by atoms with Crippen LogP contribution < -0.4 is 5.32 Å². The average Bonchev–Trinajstić information content (AvgIpc) is 3.02. The van der Waals surface area contributed by atoms with E-state index in [1.165, 1.54) is 27.7 Å². The maximum Gasteiger partial charge on any atom is 0.0457 e. The predicted molar refractivity (Wildman–Crippen MR) is 79.7 cm³/mol. The smallest absolute Gasteiger partial charge is 0.0457 e. The number of H-pyrrole nitrogens is 1. The molecule has 1 atom stereocenters. The van der Waals surface area contributed by atoms with Crippen molar-refractivity contribution in [2.45, 2.75) is 12.3 Å². The quantitative estimate of drug-likeness (QED) is 0.671. The summed E-state index contributed by atoms with van der Waals surface area (Å²) in [4.78, 5) is 3.39. The fourth-order valence-corrected chi connectivity index (χ4v) is 3.25. The molecule has 0 spiro atoms. The molecule has 0 saturated carbocycles. The zero-order chi connectivity index (χ0) is 12.9. The lowest BCUT2D eigenvalue weighted by Crippen LogP contribution is -2.25. The van der Waals surface area contributed by atoms with E-state index in [0.29, 0.717) is 0 Å². The van der Waals surface area contributed by atoms with Crippen molar-refractivity contribution in [3.63, 3.8) is 0 Å². The summed E-state index contributed by atoms with van der Waals surface area (Å²) in [7, 11) is 0. The van der Waals surface area contributed by atoms with Crippen LogP contribution >= 0.6 is 0 Å². The van der Waals surface area contributed by atoms with Gasteiger partial charge in [0.1, 0.15) is 0 Å². The first-order valence-electron chi connectivity index (χ1n) is 6.69. The lowest BCUT2D eigenvalue weighted by Gasteiger charge is -2.24. The minimum Gasteiger partial charge on any atom is -0.384 e. The normalized spacial score (nSPS) is 21.3. The van der Waals surface area contributed by atoms with Gasteiger partial charge in [0.05, 0.1) is 0 Å². The molecule has 1 unspecified atom stereocenters. The summed E-state index contributed by atoms with van der Waals surface area (Å²) in [6.07, 6.45) is 2.16. The summed E-state index contributed by atoms with van der Waals surface area (Å²) < 4.78 is 0. The van der Waals surface area contributed by atoms with Crippen LogP contribution in [-0.2, 0) is 5.41 Å². The largest absolute Gasteiger partial charge is 0.384 e. The highest BCUT2D eigenvalue weighted by Crippen LogP contribution is 2.43. The van der Waals surface area contributed by atoms with Crippen molar-refractivity contribution in [1.29, 1.82) is 0 Å². The van der Waals surface area contributed by atoms with Crippen LogP contribution in [0.4, 0.5) is 5.69 Å². The highest BCUT2D eigenvalue weighted by Gasteiger charge is 2.37. The maximum absolute atomic E-state index is 3.53. The van der Waals surface area contributed by atoms with E-state index >= 15 is 0 Å². The molecule has 0 aliphatic carbocycles. The summed E-state index contributed by atoms with van der Waals surface area (Å²) in [5, 5.41) is 4.85. The molecular weight excluding hydrogens is 232 g/mol. The van der Waals surface area contributed by atoms with Crippen LogP contribution in [0.5, 0.6) is 0 Å². The van der Waals surface area contributed by atoms with Gasteiger partial charge in [-0.1, -0.05) is 36.4 Å². The molecule has 0 saturated heterocycles. The molecule has 0 fully saturated rings. The molecule has 19 heavy (non-hydrogen) atoms. The van der Waals surface area contributed by atoms with Gasteiger partial charge in [0.15, 0.2) is 0 Å². The fourth-order valence-electron chi connectivity index (χ4n) is 3.25. The fraction of sp³-hybridized carbons (Fsp3) is 0.176. The van der Waals surface area contributed by atoms with Crippen molar-refractivity contribution in [2.24, 2.45) is 0 Å². The number of hydrogen-bond acceptors (Lipinski definition) is 1. The van der Waals surface area contributed by atoms with E-state index in [0.717, 1.165) is 6.54 Å². The van der Waals surface area contributed by atoms with Crippen molar-refractivity contribution in [2.75, 3.05) is 11.9 Å². The number of rotatable bonds is 1. The molecule has 4 rings (SSSR count). The van der Waals surface area contributed by atoms with Crippen LogP contribution in [0.3, 0.4) is 0 Å². The van der Waals surface area contributed by atoms with Crippen LogP contribution in [-0.4, -0.2) is 11.5 Å². The lowest BCUT2D eigenvalue weighted by atomic mass is 9.78. The highest BCUT2D eigenvalue weighted by atomic mass is 14.9. The third-order valence-electron chi connectivity index (χ3n) is 4.34. The predicted octanol–water partition coefficient (Wildman–Crippen LogP) is 3.90. The zero-order valence-corrected chi connectivity index (χ0v) is 10.9. The van der Waals surface area contributed by atoms with E-state index in [2.05, 4.69) is 72.0 Å². The molecule has 1 aliphatic rings. The minimum absolute atomic E-state index is 0.0379. The summed E-state index contributed by atoms with van der Waals surface area (Å²) in [5.41, 5.74) is 5.27. The van der Waals surface area contributed by atoms with Gasteiger partial charge in [0.2, 0.25) is 0 Å². The first kappa shape index (κ1) is 10.7. The number of aromatic nitrogens is 1. The Kier molecular flexibility index (Phi) is 2.05. The molecule has 1 aromatic heterocycles. The Morgan fingerprint density at radius 2 is 1.74 bits per heavy atom. The Bertz CT molecular complexity index is 757. The second kappa shape index (κ2) is 3.64. The van der Waals surface area contributed by atoms with Crippen LogP contribution in [0.25, 0.3) is 10.9 Å². The number of para-hydroxylation sites is 2. The maximum atomic E-state index is 3.53.